The second-order valence-corrected chi connectivity index (χ2v) is 6.06. The van der Waals surface area contributed by atoms with Gasteiger partial charge in [0.1, 0.15) is 5.69 Å². The number of carbonyl (C=O) groups excluding carboxylic acids is 1. The minimum atomic E-state index is -0.839. The Labute approximate surface area is 130 Å². The minimum Gasteiger partial charge on any atom is -0.385 e. The van der Waals surface area contributed by atoms with Gasteiger partial charge >= 0.3 is 0 Å². The Balaban J connectivity index is 1.69. The number of rotatable bonds is 2. The highest BCUT2D eigenvalue weighted by Gasteiger charge is 2.35. The van der Waals surface area contributed by atoms with E-state index in [-0.39, 0.29) is 5.91 Å². The third kappa shape index (κ3) is 2.76. The SMILES string of the molecule is Cc1ccc(C2(O)CCN(C(=O)c3ccn(C)n3)CC2)cc1. The van der Waals surface area contributed by atoms with E-state index in [1.165, 1.54) is 5.56 Å². The van der Waals surface area contributed by atoms with Gasteiger partial charge in [-0.3, -0.25) is 9.48 Å². The molecule has 1 amide bonds. The molecule has 116 valence electrons. The van der Waals surface area contributed by atoms with Gasteiger partial charge in [0.2, 0.25) is 0 Å². The molecule has 1 aromatic carbocycles. The first-order chi connectivity index (χ1) is 10.5. The monoisotopic (exact) mass is 299 g/mol. The van der Waals surface area contributed by atoms with Crippen molar-refractivity contribution in [3.63, 3.8) is 0 Å². The Morgan fingerprint density at radius 3 is 2.36 bits per heavy atom. The van der Waals surface area contributed by atoms with Gasteiger partial charge in [-0.1, -0.05) is 29.8 Å². The van der Waals surface area contributed by atoms with Crippen molar-refractivity contribution in [2.75, 3.05) is 13.1 Å². The first-order valence-electron chi connectivity index (χ1n) is 7.56. The smallest absolute Gasteiger partial charge is 0.274 e. The van der Waals surface area contributed by atoms with Gasteiger partial charge in [0, 0.05) is 26.3 Å². The molecule has 3 rings (SSSR count). The number of nitrogens with zero attached hydrogens (tertiary/aromatic N) is 3. The molecule has 1 aliphatic rings. The molecular weight excluding hydrogens is 278 g/mol. The minimum absolute atomic E-state index is 0.0634. The van der Waals surface area contributed by atoms with E-state index < -0.39 is 5.60 Å². The second-order valence-electron chi connectivity index (χ2n) is 6.06. The molecule has 0 radical (unpaired) electrons. The van der Waals surface area contributed by atoms with E-state index in [1.807, 2.05) is 31.2 Å². The number of benzene rings is 1. The Kier molecular flexibility index (Phi) is 3.74. The summed E-state index contributed by atoms with van der Waals surface area (Å²) in [5.41, 5.74) is 1.73. The van der Waals surface area contributed by atoms with Crippen LogP contribution in [-0.2, 0) is 12.6 Å². The van der Waals surface area contributed by atoms with Gasteiger partial charge in [0.15, 0.2) is 0 Å². The first kappa shape index (κ1) is 14.8. The first-order valence-corrected chi connectivity index (χ1v) is 7.56. The van der Waals surface area contributed by atoms with E-state index in [1.54, 1.807) is 28.9 Å². The number of carbonyl (C=O) groups is 1. The van der Waals surface area contributed by atoms with Gasteiger partial charge < -0.3 is 10.0 Å². The van der Waals surface area contributed by atoms with Crippen molar-refractivity contribution in [1.29, 1.82) is 0 Å². The summed E-state index contributed by atoms with van der Waals surface area (Å²) in [5, 5.41) is 15.0. The summed E-state index contributed by atoms with van der Waals surface area (Å²) in [6, 6.07) is 9.71. The van der Waals surface area contributed by atoms with Crippen LogP contribution in [0.25, 0.3) is 0 Å². The summed E-state index contributed by atoms with van der Waals surface area (Å²) in [5.74, 6) is -0.0634. The molecule has 2 heterocycles. The third-order valence-electron chi connectivity index (χ3n) is 4.40. The van der Waals surface area contributed by atoms with Gasteiger partial charge in [-0.25, -0.2) is 0 Å². The van der Waals surface area contributed by atoms with Crippen LogP contribution in [0, 0.1) is 6.92 Å². The third-order valence-corrected chi connectivity index (χ3v) is 4.40. The molecule has 0 aliphatic carbocycles. The molecule has 5 nitrogen and oxygen atoms in total. The highest BCUT2D eigenvalue weighted by molar-refractivity contribution is 5.92. The molecule has 0 spiro atoms. The number of aromatic nitrogens is 2. The van der Waals surface area contributed by atoms with Crippen LogP contribution in [0.2, 0.25) is 0 Å². The van der Waals surface area contributed by atoms with Crippen LogP contribution >= 0.6 is 0 Å². The van der Waals surface area contributed by atoms with E-state index in [2.05, 4.69) is 5.10 Å². The standard InChI is InChI=1S/C17H21N3O2/c1-13-3-5-14(6-4-13)17(22)8-11-20(12-9-17)16(21)15-7-10-19(2)18-15/h3-7,10,22H,8-9,11-12H2,1-2H3. The zero-order chi connectivity index (χ0) is 15.7. The molecule has 5 heteroatoms. The highest BCUT2D eigenvalue weighted by Crippen LogP contribution is 2.33. The highest BCUT2D eigenvalue weighted by atomic mass is 16.3. The van der Waals surface area contributed by atoms with Crippen LogP contribution in [0.3, 0.4) is 0 Å². The maximum Gasteiger partial charge on any atom is 0.274 e. The number of amides is 1. The van der Waals surface area contributed by atoms with Gasteiger partial charge in [-0.2, -0.15) is 5.10 Å². The van der Waals surface area contributed by atoms with Crippen molar-refractivity contribution in [2.45, 2.75) is 25.4 Å². The summed E-state index contributed by atoms with van der Waals surface area (Å²) in [4.78, 5) is 14.1. The lowest BCUT2D eigenvalue weighted by atomic mass is 9.84. The van der Waals surface area contributed by atoms with Crippen molar-refractivity contribution < 1.29 is 9.90 Å². The predicted octanol–water partition coefficient (Wildman–Crippen LogP) is 1.85. The quantitative estimate of drug-likeness (QED) is 0.920. The largest absolute Gasteiger partial charge is 0.385 e. The number of hydrogen-bond acceptors (Lipinski definition) is 3. The molecule has 0 unspecified atom stereocenters. The van der Waals surface area contributed by atoms with E-state index in [4.69, 9.17) is 0 Å². The van der Waals surface area contributed by atoms with Gasteiger partial charge in [-0.05, 0) is 31.4 Å². The summed E-state index contributed by atoms with van der Waals surface area (Å²) < 4.78 is 1.62. The zero-order valence-corrected chi connectivity index (χ0v) is 13.0. The molecule has 0 atom stereocenters. The summed E-state index contributed by atoms with van der Waals surface area (Å²) in [7, 11) is 1.79. The maximum atomic E-state index is 12.4. The lowest BCUT2D eigenvalue weighted by molar-refractivity contribution is -0.0212. The average Bonchev–Trinajstić information content (AvgIpc) is 2.94. The van der Waals surface area contributed by atoms with Crippen LogP contribution in [0.15, 0.2) is 36.5 Å². The fourth-order valence-corrected chi connectivity index (χ4v) is 2.92. The molecule has 1 saturated heterocycles. The van der Waals surface area contributed by atoms with Gasteiger partial charge in [-0.15, -0.1) is 0 Å². The topological polar surface area (TPSA) is 58.4 Å². The molecular formula is C17H21N3O2. The molecule has 22 heavy (non-hydrogen) atoms. The number of likely N-dealkylation sites (tertiary alicyclic amines) is 1. The zero-order valence-electron chi connectivity index (χ0n) is 13.0. The van der Waals surface area contributed by atoms with E-state index in [0.717, 1.165) is 5.56 Å². The van der Waals surface area contributed by atoms with E-state index in [0.29, 0.717) is 31.6 Å². The van der Waals surface area contributed by atoms with E-state index in [9.17, 15) is 9.90 Å². The second kappa shape index (κ2) is 5.57. The molecule has 0 saturated carbocycles. The lowest BCUT2D eigenvalue weighted by Crippen LogP contribution is -2.45. The molecule has 1 N–H and O–H groups in total. The number of hydrogen-bond donors (Lipinski definition) is 1. The van der Waals surface area contributed by atoms with Crippen LogP contribution < -0.4 is 0 Å². The predicted molar refractivity (Wildman–Crippen MR) is 83.4 cm³/mol. The van der Waals surface area contributed by atoms with Crippen molar-refractivity contribution >= 4 is 5.91 Å². The summed E-state index contributed by atoms with van der Waals surface area (Å²) >= 11 is 0. The summed E-state index contributed by atoms with van der Waals surface area (Å²) in [6.45, 7) is 3.11. The Hall–Kier alpha value is -2.14. The van der Waals surface area contributed by atoms with Crippen LogP contribution in [0.5, 0.6) is 0 Å². The van der Waals surface area contributed by atoms with Crippen LogP contribution in [0.4, 0.5) is 0 Å². The van der Waals surface area contributed by atoms with E-state index >= 15 is 0 Å². The fraction of sp³-hybridized carbons (Fsp3) is 0.412. The van der Waals surface area contributed by atoms with Crippen LogP contribution in [0.1, 0.15) is 34.5 Å². The Bertz CT molecular complexity index is 667. The lowest BCUT2D eigenvalue weighted by Gasteiger charge is -2.38. The number of piperidine rings is 1. The van der Waals surface area contributed by atoms with Crippen molar-refractivity contribution in [1.82, 2.24) is 14.7 Å². The number of aliphatic hydroxyl groups is 1. The molecule has 1 aliphatic heterocycles. The Morgan fingerprint density at radius 1 is 1.18 bits per heavy atom. The Morgan fingerprint density at radius 2 is 1.82 bits per heavy atom. The fourth-order valence-electron chi connectivity index (χ4n) is 2.92. The van der Waals surface area contributed by atoms with Crippen molar-refractivity contribution in [3.05, 3.63) is 53.3 Å². The molecule has 2 aromatic rings. The number of aryl methyl sites for hydroxylation is 2. The molecule has 0 bridgehead atoms. The van der Waals surface area contributed by atoms with Gasteiger partial charge in [0.25, 0.3) is 5.91 Å². The van der Waals surface area contributed by atoms with Crippen molar-refractivity contribution in [3.8, 4) is 0 Å². The molecule has 1 aromatic heterocycles. The average molecular weight is 299 g/mol. The normalized spacial score (nSPS) is 17.5. The van der Waals surface area contributed by atoms with Crippen LogP contribution in [-0.4, -0.2) is 38.8 Å². The van der Waals surface area contributed by atoms with Crippen molar-refractivity contribution in [2.24, 2.45) is 7.05 Å². The molecule has 1 fully saturated rings. The summed E-state index contributed by atoms with van der Waals surface area (Å²) in [6.07, 6.45) is 2.86. The van der Waals surface area contributed by atoms with Gasteiger partial charge in [0.05, 0.1) is 5.60 Å². The maximum absolute atomic E-state index is 12.4.